The lowest BCUT2D eigenvalue weighted by atomic mass is 10.1. The number of fused-ring (bicyclic) bond motifs is 5. The Balaban J connectivity index is 1.38. The van der Waals surface area contributed by atoms with Crippen molar-refractivity contribution in [1.29, 1.82) is 0 Å². The summed E-state index contributed by atoms with van der Waals surface area (Å²) in [5, 5.41) is 5.61. The van der Waals surface area contributed by atoms with Crippen molar-refractivity contribution in [2.75, 3.05) is 19.6 Å². The van der Waals surface area contributed by atoms with Gasteiger partial charge in [0.2, 0.25) is 5.91 Å². The Morgan fingerprint density at radius 1 is 1.18 bits per heavy atom. The lowest BCUT2D eigenvalue weighted by Gasteiger charge is -2.34. The SMILES string of the molecule is CC(C)(C)OC(=O)N1CCN(Cc2nc3n(n2)Cc2c(Cl)ncn2-c2ccc(Cl)cc2-3)C(=O)C1. The molecule has 10 nitrogen and oxygen atoms in total. The summed E-state index contributed by atoms with van der Waals surface area (Å²) in [5.41, 5.74) is 1.80. The fourth-order valence-corrected chi connectivity index (χ4v) is 4.40. The topological polar surface area (TPSA) is 98.4 Å². The van der Waals surface area contributed by atoms with E-state index < -0.39 is 11.7 Å². The number of benzene rings is 1. The Bertz CT molecular complexity index is 1290. The summed E-state index contributed by atoms with van der Waals surface area (Å²) >= 11 is 12.6. The number of carbonyl (C=O) groups excluding carboxylic acids is 2. The van der Waals surface area contributed by atoms with Gasteiger partial charge in [-0.15, -0.1) is 0 Å². The zero-order chi connectivity index (χ0) is 24.2. The highest BCUT2D eigenvalue weighted by molar-refractivity contribution is 6.31. The molecule has 0 aliphatic carbocycles. The largest absolute Gasteiger partial charge is 0.444 e. The van der Waals surface area contributed by atoms with Crippen LogP contribution in [0.2, 0.25) is 10.2 Å². The summed E-state index contributed by atoms with van der Waals surface area (Å²) in [6.45, 7) is 6.67. The first kappa shape index (κ1) is 22.7. The van der Waals surface area contributed by atoms with Crippen molar-refractivity contribution < 1.29 is 14.3 Å². The molecule has 0 radical (unpaired) electrons. The maximum atomic E-state index is 12.8. The van der Waals surface area contributed by atoms with Crippen LogP contribution >= 0.6 is 23.2 Å². The number of amides is 2. The normalized spacial score (nSPS) is 15.5. The average molecular weight is 504 g/mol. The Hall–Kier alpha value is -3.11. The van der Waals surface area contributed by atoms with E-state index in [1.165, 1.54) is 4.90 Å². The smallest absolute Gasteiger partial charge is 0.410 e. The Kier molecular flexibility index (Phi) is 5.52. The predicted molar refractivity (Wildman–Crippen MR) is 125 cm³/mol. The van der Waals surface area contributed by atoms with Crippen LogP contribution in [0.5, 0.6) is 0 Å². The minimum atomic E-state index is -0.618. The number of halogens is 2. The molecule has 2 aliphatic heterocycles. The molecule has 4 heterocycles. The van der Waals surface area contributed by atoms with E-state index in [0.717, 1.165) is 16.9 Å². The number of aromatic nitrogens is 5. The second-order valence-electron chi connectivity index (χ2n) is 9.24. The van der Waals surface area contributed by atoms with Crippen LogP contribution in [-0.2, 0) is 22.6 Å². The van der Waals surface area contributed by atoms with Crippen LogP contribution in [0.25, 0.3) is 17.1 Å². The first-order chi connectivity index (χ1) is 16.1. The number of piperazine rings is 1. The Morgan fingerprint density at radius 3 is 2.71 bits per heavy atom. The van der Waals surface area contributed by atoms with Crippen molar-refractivity contribution in [3.63, 3.8) is 0 Å². The highest BCUT2D eigenvalue weighted by Gasteiger charge is 2.32. The van der Waals surface area contributed by atoms with Crippen LogP contribution in [0.4, 0.5) is 4.79 Å². The molecular weight excluding hydrogens is 481 g/mol. The minimum Gasteiger partial charge on any atom is -0.444 e. The van der Waals surface area contributed by atoms with Gasteiger partial charge in [0.25, 0.3) is 0 Å². The Morgan fingerprint density at radius 2 is 1.97 bits per heavy atom. The van der Waals surface area contributed by atoms with Gasteiger partial charge >= 0.3 is 6.09 Å². The van der Waals surface area contributed by atoms with Gasteiger partial charge in [-0.3, -0.25) is 14.3 Å². The number of nitrogens with zero attached hydrogens (tertiary/aromatic N) is 7. The molecule has 1 saturated heterocycles. The summed E-state index contributed by atoms with van der Waals surface area (Å²) in [7, 11) is 0. The van der Waals surface area contributed by atoms with Gasteiger partial charge in [-0.1, -0.05) is 23.2 Å². The van der Waals surface area contributed by atoms with Crippen LogP contribution in [0.3, 0.4) is 0 Å². The highest BCUT2D eigenvalue weighted by Crippen LogP contribution is 2.34. The number of hydrogen-bond donors (Lipinski definition) is 0. The molecule has 1 aromatic carbocycles. The predicted octanol–water partition coefficient (Wildman–Crippen LogP) is 3.38. The average Bonchev–Trinajstić information content (AvgIpc) is 3.29. The fourth-order valence-electron chi connectivity index (χ4n) is 4.03. The zero-order valence-corrected chi connectivity index (χ0v) is 20.5. The lowest BCUT2D eigenvalue weighted by Crippen LogP contribution is -2.52. The van der Waals surface area contributed by atoms with Gasteiger partial charge in [-0.2, -0.15) is 5.10 Å². The van der Waals surface area contributed by atoms with E-state index in [1.54, 1.807) is 42.7 Å². The summed E-state index contributed by atoms with van der Waals surface area (Å²) in [5.74, 6) is 0.933. The number of imidazole rings is 1. The van der Waals surface area contributed by atoms with Crippen molar-refractivity contribution in [2.24, 2.45) is 0 Å². The van der Waals surface area contributed by atoms with Crippen molar-refractivity contribution in [3.8, 4) is 17.1 Å². The maximum Gasteiger partial charge on any atom is 0.410 e. The van der Waals surface area contributed by atoms with E-state index in [9.17, 15) is 9.59 Å². The molecule has 2 aliphatic rings. The zero-order valence-electron chi connectivity index (χ0n) is 19.0. The van der Waals surface area contributed by atoms with Crippen molar-refractivity contribution in [2.45, 2.75) is 39.5 Å². The molecule has 0 spiro atoms. The molecule has 0 atom stereocenters. The van der Waals surface area contributed by atoms with Crippen LogP contribution in [0.1, 0.15) is 32.3 Å². The molecule has 3 aromatic rings. The standard InChI is InChI=1S/C22H23Cl2N7O3/c1-22(2,3)34-21(33)29-7-6-28(18(32)11-29)10-17-26-20-14-8-13(23)4-5-15(14)30-12-25-19(24)16(30)9-31(20)27-17/h4-5,8,12H,6-7,9-11H2,1-3H3. The fraction of sp³-hybridized carbons (Fsp3) is 0.409. The van der Waals surface area contributed by atoms with E-state index in [0.29, 0.717) is 41.5 Å². The molecule has 5 rings (SSSR count). The van der Waals surface area contributed by atoms with E-state index in [2.05, 4.69) is 10.1 Å². The third-order valence-electron chi connectivity index (χ3n) is 5.59. The third kappa shape index (κ3) is 4.23. The molecule has 0 bridgehead atoms. The van der Waals surface area contributed by atoms with Gasteiger partial charge in [0.05, 0.1) is 24.5 Å². The minimum absolute atomic E-state index is 0.0459. The van der Waals surface area contributed by atoms with Crippen LogP contribution in [0.15, 0.2) is 24.5 Å². The second kappa shape index (κ2) is 8.28. The maximum absolute atomic E-state index is 12.8. The van der Waals surface area contributed by atoms with E-state index in [-0.39, 0.29) is 19.0 Å². The summed E-state index contributed by atoms with van der Waals surface area (Å²) in [6, 6.07) is 5.52. The third-order valence-corrected chi connectivity index (χ3v) is 6.14. The highest BCUT2D eigenvalue weighted by atomic mass is 35.5. The van der Waals surface area contributed by atoms with Crippen molar-refractivity contribution in [3.05, 3.63) is 46.2 Å². The van der Waals surface area contributed by atoms with E-state index in [1.807, 2.05) is 16.7 Å². The quantitative estimate of drug-likeness (QED) is 0.415. The van der Waals surface area contributed by atoms with E-state index in [4.69, 9.17) is 32.9 Å². The molecule has 0 N–H and O–H groups in total. The number of ether oxygens (including phenoxy) is 1. The first-order valence-corrected chi connectivity index (χ1v) is 11.6. The first-order valence-electron chi connectivity index (χ1n) is 10.8. The Labute approximate surface area is 206 Å². The summed E-state index contributed by atoms with van der Waals surface area (Å²) in [6.07, 6.45) is 1.18. The van der Waals surface area contributed by atoms with Gasteiger partial charge < -0.3 is 9.64 Å². The van der Waals surface area contributed by atoms with Gasteiger partial charge in [-0.25, -0.2) is 19.4 Å². The molecule has 12 heteroatoms. The van der Waals surface area contributed by atoms with Crippen molar-refractivity contribution >= 4 is 35.2 Å². The molecule has 34 heavy (non-hydrogen) atoms. The van der Waals surface area contributed by atoms with Crippen LogP contribution in [0, 0.1) is 0 Å². The number of carbonyl (C=O) groups is 2. The van der Waals surface area contributed by atoms with Gasteiger partial charge in [-0.05, 0) is 39.0 Å². The van der Waals surface area contributed by atoms with Crippen molar-refractivity contribution in [1.82, 2.24) is 34.1 Å². The van der Waals surface area contributed by atoms with Gasteiger partial charge in [0.15, 0.2) is 16.8 Å². The van der Waals surface area contributed by atoms with E-state index >= 15 is 0 Å². The number of hydrogen-bond acceptors (Lipinski definition) is 6. The molecule has 0 unspecified atom stereocenters. The summed E-state index contributed by atoms with van der Waals surface area (Å²) in [4.78, 5) is 37.1. The second-order valence-corrected chi connectivity index (χ2v) is 10.0. The molecule has 178 valence electrons. The molecule has 1 fully saturated rings. The lowest BCUT2D eigenvalue weighted by molar-refractivity contribution is -0.136. The summed E-state index contributed by atoms with van der Waals surface area (Å²) < 4.78 is 9.03. The molecular formula is C22H23Cl2N7O3. The number of rotatable bonds is 2. The molecule has 0 saturated carbocycles. The van der Waals surface area contributed by atoms with Crippen LogP contribution in [-0.4, -0.2) is 71.4 Å². The van der Waals surface area contributed by atoms with Gasteiger partial charge in [0.1, 0.15) is 18.5 Å². The molecule has 2 aromatic heterocycles. The monoisotopic (exact) mass is 503 g/mol. The molecule has 2 amide bonds. The van der Waals surface area contributed by atoms with Gasteiger partial charge in [0, 0.05) is 23.7 Å². The van der Waals surface area contributed by atoms with Crippen LogP contribution < -0.4 is 0 Å².